The Kier molecular flexibility index (Phi) is 7.29. The number of rotatable bonds is 8. The molecule has 0 bridgehead atoms. The molecule has 7 nitrogen and oxygen atoms in total. The number of H-pyrrole nitrogens is 1. The summed E-state index contributed by atoms with van der Waals surface area (Å²) in [5.74, 6) is -0.521. The van der Waals surface area contributed by atoms with E-state index in [9.17, 15) is 14.4 Å². The van der Waals surface area contributed by atoms with Gasteiger partial charge in [0.2, 0.25) is 5.91 Å². The predicted octanol–water partition coefficient (Wildman–Crippen LogP) is 4.49. The van der Waals surface area contributed by atoms with Crippen LogP contribution in [0.3, 0.4) is 0 Å². The molecule has 0 aliphatic heterocycles. The average molecular weight is 473 g/mol. The van der Waals surface area contributed by atoms with Crippen LogP contribution in [-0.4, -0.2) is 28.3 Å². The minimum Gasteiger partial charge on any atom is -0.356 e. The minimum atomic E-state index is -0.503. The number of anilines is 1. The van der Waals surface area contributed by atoms with Gasteiger partial charge in [-0.05, 0) is 36.1 Å². The largest absolute Gasteiger partial charge is 0.356 e. The summed E-state index contributed by atoms with van der Waals surface area (Å²) in [4.78, 5) is 43.3. The first-order valence-electron chi connectivity index (χ1n) is 10.9. The third kappa shape index (κ3) is 5.85. The van der Waals surface area contributed by atoms with Crippen LogP contribution in [0.1, 0.15) is 29.3 Å². The van der Waals surface area contributed by atoms with Gasteiger partial charge in [-0.2, -0.15) is 0 Å². The highest BCUT2D eigenvalue weighted by atomic mass is 32.1. The van der Waals surface area contributed by atoms with E-state index in [2.05, 4.69) is 20.6 Å². The van der Waals surface area contributed by atoms with E-state index in [1.807, 2.05) is 60.0 Å². The van der Waals surface area contributed by atoms with Gasteiger partial charge in [-0.3, -0.25) is 19.7 Å². The van der Waals surface area contributed by atoms with Gasteiger partial charge < -0.3 is 10.3 Å². The number of hydrogen-bond acceptors (Lipinski definition) is 5. The number of pyridine rings is 1. The van der Waals surface area contributed by atoms with Crippen molar-refractivity contribution in [3.05, 3.63) is 93.6 Å². The number of aromatic nitrogens is 2. The smallest absolute Gasteiger partial charge is 0.263 e. The molecule has 0 saturated heterocycles. The van der Waals surface area contributed by atoms with Crippen LogP contribution in [0.2, 0.25) is 0 Å². The first-order valence-corrected chi connectivity index (χ1v) is 11.8. The van der Waals surface area contributed by atoms with E-state index in [-0.39, 0.29) is 11.5 Å². The van der Waals surface area contributed by atoms with E-state index < -0.39 is 11.5 Å². The van der Waals surface area contributed by atoms with Crippen molar-refractivity contribution in [2.75, 3.05) is 11.9 Å². The molecule has 2 heterocycles. The molecule has 2 amide bonds. The zero-order valence-electron chi connectivity index (χ0n) is 18.6. The predicted molar refractivity (Wildman–Crippen MR) is 135 cm³/mol. The number of carbonyl (C=O) groups excluding carboxylic acids is 2. The molecule has 4 aromatic rings. The van der Waals surface area contributed by atoms with Gasteiger partial charge in [0.05, 0.1) is 5.69 Å². The van der Waals surface area contributed by atoms with Crippen molar-refractivity contribution in [2.24, 2.45) is 0 Å². The maximum Gasteiger partial charge on any atom is 0.263 e. The fraction of sp³-hybridized carbons (Fsp3) is 0.154. The quantitative estimate of drug-likeness (QED) is 0.329. The number of nitrogens with one attached hydrogen (secondary N) is 3. The van der Waals surface area contributed by atoms with Gasteiger partial charge >= 0.3 is 0 Å². The van der Waals surface area contributed by atoms with E-state index >= 15 is 0 Å². The van der Waals surface area contributed by atoms with Crippen molar-refractivity contribution in [1.29, 1.82) is 0 Å². The van der Waals surface area contributed by atoms with Crippen molar-refractivity contribution in [3.63, 3.8) is 0 Å². The van der Waals surface area contributed by atoms with Gasteiger partial charge in [-0.15, -0.1) is 11.3 Å². The summed E-state index contributed by atoms with van der Waals surface area (Å²) in [5.41, 5.74) is 3.96. The van der Waals surface area contributed by atoms with Crippen LogP contribution < -0.4 is 16.2 Å². The van der Waals surface area contributed by atoms with Gasteiger partial charge in [0.25, 0.3) is 11.5 Å². The molecule has 0 atom stereocenters. The lowest BCUT2D eigenvalue weighted by atomic mass is 10.1. The molecule has 2 aromatic carbocycles. The Balaban J connectivity index is 1.38. The fourth-order valence-corrected chi connectivity index (χ4v) is 4.18. The number of hydrogen-bond donors (Lipinski definition) is 3. The van der Waals surface area contributed by atoms with Crippen LogP contribution in [0.25, 0.3) is 22.5 Å². The fourth-order valence-electron chi connectivity index (χ4n) is 3.47. The summed E-state index contributed by atoms with van der Waals surface area (Å²) >= 11 is 1.30. The molecule has 2 aromatic heterocycles. The van der Waals surface area contributed by atoms with Crippen LogP contribution in [0.5, 0.6) is 0 Å². The summed E-state index contributed by atoms with van der Waals surface area (Å²) in [7, 11) is 0. The van der Waals surface area contributed by atoms with E-state index in [1.165, 1.54) is 29.9 Å². The molecule has 34 heavy (non-hydrogen) atoms. The molecule has 4 rings (SSSR count). The Morgan fingerprint density at radius 2 is 1.74 bits per heavy atom. The Morgan fingerprint density at radius 1 is 0.971 bits per heavy atom. The van der Waals surface area contributed by atoms with Gasteiger partial charge in [0.15, 0.2) is 5.13 Å². The third-order valence-electron chi connectivity index (χ3n) is 5.23. The average Bonchev–Trinajstić information content (AvgIpc) is 3.31. The van der Waals surface area contributed by atoms with Crippen molar-refractivity contribution in [1.82, 2.24) is 15.3 Å². The van der Waals surface area contributed by atoms with Crippen LogP contribution in [0, 0.1) is 0 Å². The Hall–Kier alpha value is -4.04. The lowest BCUT2D eigenvalue weighted by molar-refractivity contribution is -0.118. The van der Waals surface area contributed by atoms with Crippen LogP contribution in [0.4, 0.5) is 5.13 Å². The summed E-state index contributed by atoms with van der Waals surface area (Å²) in [6.07, 6.45) is 1.74. The highest BCUT2D eigenvalue weighted by Gasteiger charge is 2.14. The summed E-state index contributed by atoms with van der Waals surface area (Å²) in [6.45, 7) is 2.17. The lowest BCUT2D eigenvalue weighted by Gasteiger charge is -2.05. The molecule has 0 aliphatic rings. The van der Waals surface area contributed by atoms with E-state index in [0.717, 1.165) is 29.7 Å². The second kappa shape index (κ2) is 10.7. The number of nitrogens with zero attached hydrogens (tertiary/aromatic N) is 1. The number of aryl methyl sites for hydroxylation is 1. The van der Waals surface area contributed by atoms with Crippen LogP contribution in [0.15, 0.2) is 76.9 Å². The normalized spacial score (nSPS) is 10.6. The molecule has 0 saturated carbocycles. The van der Waals surface area contributed by atoms with Gasteiger partial charge in [0, 0.05) is 30.1 Å². The van der Waals surface area contributed by atoms with Crippen LogP contribution >= 0.6 is 11.3 Å². The molecular formula is C26H24N4O3S. The molecule has 3 N–H and O–H groups in total. The molecule has 0 aliphatic carbocycles. The Labute approximate surface area is 200 Å². The number of thiazole rings is 1. The van der Waals surface area contributed by atoms with Crippen molar-refractivity contribution >= 4 is 28.3 Å². The maximum atomic E-state index is 12.6. The van der Waals surface area contributed by atoms with Gasteiger partial charge in [-0.25, -0.2) is 4.98 Å². The van der Waals surface area contributed by atoms with Gasteiger partial charge in [-0.1, -0.05) is 54.6 Å². The van der Waals surface area contributed by atoms with Crippen LogP contribution in [-0.2, 0) is 11.2 Å². The van der Waals surface area contributed by atoms with Crippen molar-refractivity contribution in [3.8, 4) is 22.5 Å². The zero-order valence-corrected chi connectivity index (χ0v) is 19.4. The van der Waals surface area contributed by atoms with Crippen molar-refractivity contribution < 1.29 is 9.59 Å². The maximum absolute atomic E-state index is 12.6. The number of carbonyl (C=O) groups is 2. The monoisotopic (exact) mass is 472 g/mol. The summed E-state index contributed by atoms with van der Waals surface area (Å²) in [6, 6.07) is 20.7. The lowest BCUT2D eigenvalue weighted by Crippen LogP contribution is -2.23. The minimum absolute atomic E-state index is 0.0180. The molecule has 172 valence electrons. The number of benzene rings is 2. The molecule has 8 heteroatoms. The number of aromatic amines is 1. The zero-order chi connectivity index (χ0) is 23.9. The van der Waals surface area contributed by atoms with E-state index in [0.29, 0.717) is 17.4 Å². The molecule has 0 fully saturated rings. The highest BCUT2D eigenvalue weighted by Crippen LogP contribution is 2.25. The first kappa shape index (κ1) is 23.1. The summed E-state index contributed by atoms with van der Waals surface area (Å²) in [5, 5.41) is 7.80. The Morgan fingerprint density at radius 3 is 2.44 bits per heavy atom. The van der Waals surface area contributed by atoms with E-state index in [1.54, 1.807) is 6.07 Å². The summed E-state index contributed by atoms with van der Waals surface area (Å²) < 4.78 is 0. The Bertz CT molecular complexity index is 1340. The third-order valence-corrected chi connectivity index (χ3v) is 5.99. The van der Waals surface area contributed by atoms with Gasteiger partial charge in [0.1, 0.15) is 5.56 Å². The standard InChI is InChI=1S/C26H24N4O3S/c1-17(31)27-15-5-6-18-9-11-20(12-10-18)23-16-34-26(29-23)30-25(33)21-13-14-22(28-24(21)32)19-7-3-2-4-8-19/h2-4,7-14,16H,5-6,15H2,1H3,(H,27,31)(H,28,32)(H,29,30,33). The first-order chi connectivity index (χ1) is 16.5. The second-order valence-electron chi connectivity index (χ2n) is 7.76. The second-order valence-corrected chi connectivity index (χ2v) is 8.61. The van der Waals surface area contributed by atoms with E-state index in [4.69, 9.17) is 0 Å². The molecule has 0 unspecified atom stereocenters. The number of amides is 2. The highest BCUT2D eigenvalue weighted by molar-refractivity contribution is 7.14. The SMILES string of the molecule is CC(=O)NCCCc1ccc(-c2csc(NC(=O)c3ccc(-c4ccccc4)[nH]c3=O)n2)cc1. The topological polar surface area (TPSA) is 104 Å². The molecular weight excluding hydrogens is 448 g/mol. The van der Waals surface area contributed by atoms with Crippen molar-refractivity contribution in [2.45, 2.75) is 19.8 Å². The molecule has 0 radical (unpaired) electrons. The molecule has 0 spiro atoms.